The minimum absolute atomic E-state index is 0.215. The second-order valence-electron chi connectivity index (χ2n) is 4.94. The molecule has 4 heteroatoms. The molecule has 1 heterocycles. The first-order chi connectivity index (χ1) is 8.15. The molecule has 0 spiro atoms. The van der Waals surface area contributed by atoms with Crippen molar-refractivity contribution in [3.05, 3.63) is 0 Å². The molecule has 0 bridgehead atoms. The Bertz CT molecular complexity index is 227. The van der Waals surface area contributed by atoms with Crippen molar-refractivity contribution in [2.75, 3.05) is 32.8 Å². The summed E-state index contributed by atoms with van der Waals surface area (Å²) in [5, 5.41) is 0. The van der Waals surface area contributed by atoms with Gasteiger partial charge >= 0.3 is 0 Å². The van der Waals surface area contributed by atoms with E-state index in [0.29, 0.717) is 12.3 Å². The molecule has 1 fully saturated rings. The molecule has 1 rings (SSSR count). The predicted molar refractivity (Wildman–Crippen MR) is 68.9 cm³/mol. The highest BCUT2D eigenvalue weighted by molar-refractivity contribution is 5.83. The number of hydrogen-bond acceptors (Lipinski definition) is 4. The molecule has 0 saturated carbocycles. The van der Waals surface area contributed by atoms with E-state index in [0.717, 1.165) is 45.7 Å². The number of rotatable bonds is 7. The number of morpholine rings is 1. The lowest BCUT2D eigenvalue weighted by Gasteiger charge is -2.26. The smallest absolute Gasteiger partial charge is 0.149 e. The molecule has 100 valence electrons. The maximum absolute atomic E-state index is 11.8. The van der Waals surface area contributed by atoms with Crippen molar-refractivity contribution in [2.45, 2.75) is 39.2 Å². The summed E-state index contributed by atoms with van der Waals surface area (Å²) in [7, 11) is 0. The van der Waals surface area contributed by atoms with E-state index in [1.807, 2.05) is 6.92 Å². The maximum atomic E-state index is 11.8. The third kappa shape index (κ3) is 5.15. The first-order valence-corrected chi connectivity index (χ1v) is 6.73. The van der Waals surface area contributed by atoms with Crippen molar-refractivity contribution < 1.29 is 9.53 Å². The monoisotopic (exact) mass is 242 g/mol. The van der Waals surface area contributed by atoms with Crippen LogP contribution in [0.5, 0.6) is 0 Å². The summed E-state index contributed by atoms with van der Waals surface area (Å²) in [5.41, 5.74) is 5.91. The number of Topliss-reactive ketones (excluding diaryl/α,β-unsaturated/α-hetero) is 1. The third-order valence-corrected chi connectivity index (χ3v) is 3.63. The molecule has 2 N–H and O–H groups in total. The Labute approximate surface area is 104 Å². The fourth-order valence-corrected chi connectivity index (χ4v) is 2.04. The van der Waals surface area contributed by atoms with E-state index < -0.39 is 0 Å². The fraction of sp³-hybridized carbons (Fsp3) is 0.923. The van der Waals surface area contributed by atoms with Gasteiger partial charge in [-0.15, -0.1) is 0 Å². The molecule has 0 radical (unpaired) electrons. The van der Waals surface area contributed by atoms with Gasteiger partial charge in [-0.1, -0.05) is 20.3 Å². The van der Waals surface area contributed by atoms with Gasteiger partial charge in [0.2, 0.25) is 0 Å². The lowest BCUT2D eigenvalue weighted by atomic mass is 9.94. The Kier molecular flexibility index (Phi) is 6.70. The van der Waals surface area contributed by atoms with Crippen LogP contribution in [-0.2, 0) is 9.53 Å². The summed E-state index contributed by atoms with van der Waals surface area (Å²) in [6.45, 7) is 8.73. The molecule has 17 heavy (non-hydrogen) atoms. The van der Waals surface area contributed by atoms with Crippen LogP contribution in [0.4, 0.5) is 0 Å². The number of nitrogens with zero attached hydrogens (tertiary/aromatic N) is 1. The van der Waals surface area contributed by atoms with Crippen molar-refractivity contribution in [2.24, 2.45) is 11.7 Å². The van der Waals surface area contributed by atoms with Crippen LogP contribution in [-0.4, -0.2) is 49.6 Å². The van der Waals surface area contributed by atoms with Crippen molar-refractivity contribution >= 4 is 5.78 Å². The largest absolute Gasteiger partial charge is 0.379 e. The van der Waals surface area contributed by atoms with Gasteiger partial charge in [-0.25, -0.2) is 0 Å². The summed E-state index contributed by atoms with van der Waals surface area (Å²) in [4.78, 5) is 14.2. The zero-order valence-electron chi connectivity index (χ0n) is 11.2. The molecule has 0 aromatic carbocycles. The van der Waals surface area contributed by atoms with Crippen LogP contribution in [0, 0.1) is 5.92 Å². The van der Waals surface area contributed by atoms with E-state index in [4.69, 9.17) is 10.5 Å². The lowest BCUT2D eigenvalue weighted by Crippen LogP contribution is -2.39. The Morgan fingerprint density at radius 3 is 2.65 bits per heavy atom. The highest BCUT2D eigenvalue weighted by Crippen LogP contribution is 2.09. The Morgan fingerprint density at radius 1 is 1.41 bits per heavy atom. The molecule has 0 amide bonds. The molecule has 0 unspecified atom stereocenters. The molecular weight excluding hydrogens is 216 g/mol. The van der Waals surface area contributed by atoms with Crippen LogP contribution in [0.3, 0.4) is 0 Å². The molecule has 1 aliphatic rings. The average molecular weight is 242 g/mol. The summed E-state index contributed by atoms with van der Waals surface area (Å²) in [6, 6.07) is -0.273. The minimum atomic E-state index is -0.273. The molecule has 0 aliphatic carbocycles. The second-order valence-corrected chi connectivity index (χ2v) is 4.94. The van der Waals surface area contributed by atoms with Gasteiger partial charge < -0.3 is 10.5 Å². The van der Waals surface area contributed by atoms with Gasteiger partial charge in [0.05, 0.1) is 19.3 Å². The van der Waals surface area contributed by atoms with Crippen LogP contribution < -0.4 is 5.73 Å². The lowest BCUT2D eigenvalue weighted by molar-refractivity contribution is -0.121. The van der Waals surface area contributed by atoms with E-state index in [1.165, 1.54) is 0 Å². The highest BCUT2D eigenvalue weighted by Gasteiger charge is 2.19. The first kappa shape index (κ1) is 14.6. The Balaban J connectivity index is 2.14. The van der Waals surface area contributed by atoms with E-state index in [9.17, 15) is 4.79 Å². The zero-order chi connectivity index (χ0) is 12.7. The van der Waals surface area contributed by atoms with E-state index in [-0.39, 0.29) is 11.8 Å². The van der Waals surface area contributed by atoms with Crippen LogP contribution in [0.15, 0.2) is 0 Å². The van der Waals surface area contributed by atoms with E-state index in [2.05, 4.69) is 11.8 Å². The summed E-state index contributed by atoms with van der Waals surface area (Å²) >= 11 is 0. The second kappa shape index (κ2) is 7.80. The topological polar surface area (TPSA) is 55.6 Å². The van der Waals surface area contributed by atoms with Crippen molar-refractivity contribution in [3.8, 4) is 0 Å². The van der Waals surface area contributed by atoms with Crippen LogP contribution in [0.1, 0.15) is 33.1 Å². The molecular formula is C13H26N2O2. The number of ketones is 1. The molecule has 0 aromatic rings. The minimum Gasteiger partial charge on any atom is -0.379 e. The SMILES string of the molecule is CC[C@@H](C)[C@H](N)C(=O)CCCN1CCOCC1. The zero-order valence-corrected chi connectivity index (χ0v) is 11.2. The fourth-order valence-electron chi connectivity index (χ4n) is 2.04. The average Bonchev–Trinajstić information content (AvgIpc) is 2.38. The van der Waals surface area contributed by atoms with Crippen molar-refractivity contribution in [3.63, 3.8) is 0 Å². The molecule has 1 saturated heterocycles. The van der Waals surface area contributed by atoms with Gasteiger partial charge in [0.25, 0.3) is 0 Å². The van der Waals surface area contributed by atoms with Gasteiger partial charge in [-0.05, 0) is 18.9 Å². The van der Waals surface area contributed by atoms with Crippen LogP contribution >= 0.6 is 0 Å². The van der Waals surface area contributed by atoms with Gasteiger partial charge in [0, 0.05) is 19.5 Å². The molecule has 0 aromatic heterocycles. The number of ether oxygens (including phenoxy) is 1. The normalized spacial score (nSPS) is 21.1. The Morgan fingerprint density at radius 2 is 2.06 bits per heavy atom. The maximum Gasteiger partial charge on any atom is 0.149 e. The molecule has 4 nitrogen and oxygen atoms in total. The van der Waals surface area contributed by atoms with Crippen molar-refractivity contribution in [1.29, 1.82) is 0 Å². The van der Waals surface area contributed by atoms with Crippen LogP contribution in [0.25, 0.3) is 0 Å². The van der Waals surface area contributed by atoms with E-state index >= 15 is 0 Å². The number of nitrogens with two attached hydrogens (primary N) is 1. The van der Waals surface area contributed by atoms with Gasteiger partial charge in [-0.2, -0.15) is 0 Å². The van der Waals surface area contributed by atoms with Crippen molar-refractivity contribution in [1.82, 2.24) is 4.90 Å². The quantitative estimate of drug-likeness (QED) is 0.725. The standard InChI is InChI=1S/C13H26N2O2/c1-3-11(2)13(14)12(16)5-4-6-15-7-9-17-10-8-15/h11,13H,3-10,14H2,1-2H3/t11-,13+/m1/s1. The summed E-state index contributed by atoms with van der Waals surface area (Å²) in [5.74, 6) is 0.512. The van der Waals surface area contributed by atoms with Gasteiger partial charge in [0.1, 0.15) is 5.78 Å². The van der Waals surface area contributed by atoms with Crippen LogP contribution in [0.2, 0.25) is 0 Å². The number of hydrogen-bond donors (Lipinski definition) is 1. The first-order valence-electron chi connectivity index (χ1n) is 6.73. The summed E-state index contributed by atoms with van der Waals surface area (Å²) in [6.07, 6.45) is 2.50. The highest BCUT2D eigenvalue weighted by atomic mass is 16.5. The van der Waals surface area contributed by atoms with Gasteiger partial charge in [-0.3, -0.25) is 9.69 Å². The molecule has 2 atom stereocenters. The third-order valence-electron chi connectivity index (χ3n) is 3.63. The summed E-state index contributed by atoms with van der Waals surface area (Å²) < 4.78 is 5.28. The van der Waals surface area contributed by atoms with Gasteiger partial charge in [0.15, 0.2) is 0 Å². The Hall–Kier alpha value is -0.450. The predicted octanol–water partition coefficient (Wildman–Crippen LogP) is 1.04. The number of carbonyl (C=O) groups excluding carboxylic acids is 1. The van der Waals surface area contributed by atoms with E-state index in [1.54, 1.807) is 0 Å². The molecule has 1 aliphatic heterocycles. The number of carbonyl (C=O) groups is 1.